The van der Waals surface area contributed by atoms with Gasteiger partial charge in [0.2, 0.25) is 0 Å². The number of anilines is 2. The summed E-state index contributed by atoms with van der Waals surface area (Å²) in [6.45, 7) is 5.73. The number of pyridine rings is 1. The maximum absolute atomic E-state index is 14.6. The number of nitrogens with two attached hydrogens (primary N) is 1. The minimum atomic E-state index is -0.175. The standard InChI is InChI=1S/C23H27ClFN5/c1-29-8-10-30(11-9-29)7-6-16-2-3-17(22(25)12-16)14-27-18-4-5-19-20(13-18)21(24)15-28-23(19)26/h2-5,12-13,15,27H,6-11,14H2,1H3,(H2,26,28). The Morgan fingerprint density at radius 3 is 2.67 bits per heavy atom. The average molecular weight is 428 g/mol. The van der Waals surface area contributed by atoms with Crippen LogP contribution < -0.4 is 11.1 Å². The van der Waals surface area contributed by atoms with Gasteiger partial charge in [-0.25, -0.2) is 9.37 Å². The van der Waals surface area contributed by atoms with Crippen molar-refractivity contribution in [2.75, 3.05) is 50.8 Å². The molecule has 1 aliphatic heterocycles. The molecule has 1 aliphatic rings. The van der Waals surface area contributed by atoms with Crippen molar-refractivity contribution in [1.29, 1.82) is 0 Å². The second-order valence-corrected chi connectivity index (χ2v) is 8.33. The monoisotopic (exact) mass is 427 g/mol. The van der Waals surface area contributed by atoms with Crippen LogP contribution in [-0.4, -0.2) is 54.6 Å². The van der Waals surface area contributed by atoms with E-state index in [-0.39, 0.29) is 5.82 Å². The Kier molecular flexibility index (Phi) is 6.37. The Hall–Kier alpha value is -2.41. The smallest absolute Gasteiger partial charge is 0.131 e. The summed E-state index contributed by atoms with van der Waals surface area (Å²) in [6, 6.07) is 11.3. The van der Waals surface area contributed by atoms with E-state index in [0.29, 0.717) is 22.9 Å². The second-order valence-electron chi connectivity index (χ2n) is 7.93. The lowest BCUT2D eigenvalue weighted by atomic mass is 10.1. The summed E-state index contributed by atoms with van der Waals surface area (Å²) in [5, 5.41) is 5.45. The topological polar surface area (TPSA) is 57.4 Å². The number of hydrogen-bond acceptors (Lipinski definition) is 5. The Balaban J connectivity index is 1.37. The molecule has 0 amide bonds. The van der Waals surface area contributed by atoms with Gasteiger partial charge in [-0.05, 0) is 43.3 Å². The molecule has 1 saturated heterocycles. The highest BCUT2D eigenvalue weighted by atomic mass is 35.5. The van der Waals surface area contributed by atoms with Crippen molar-refractivity contribution in [2.45, 2.75) is 13.0 Å². The molecular weight excluding hydrogens is 401 g/mol. The van der Waals surface area contributed by atoms with Crippen molar-refractivity contribution in [3.63, 3.8) is 0 Å². The fourth-order valence-corrected chi connectivity index (χ4v) is 3.99. The van der Waals surface area contributed by atoms with E-state index in [0.717, 1.165) is 61.2 Å². The van der Waals surface area contributed by atoms with Gasteiger partial charge in [-0.2, -0.15) is 0 Å². The molecule has 3 N–H and O–H groups in total. The zero-order chi connectivity index (χ0) is 21.1. The van der Waals surface area contributed by atoms with E-state index in [1.165, 1.54) is 0 Å². The van der Waals surface area contributed by atoms with Gasteiger partial charge >= 0.3 is 0 Å². The van der Waals surface area contributed by atoms with Gasteiger partial charge < -0.3 is 20.9 Å². The van der Waals surface area contributed by atoms with Crippen LogP contribution >= 0.6 is 11.6 Å². The average Bonchev–Trinajstić information content (AvgIpc) is 2.75. The van der Waals surface area contributed by atoms with Crippen LogP contribution in [0.4, 0.5) is 15.9 Å². The van der Waals surface area contributed by atoms with Crippen LogP contribution in [0.25, 0.3) is 10.8 Å². The fourth-order valence-electron chi connectivity index (χ4n) is 3.79. The number of nitrogens with zero attached hydrogens (tertiary/aromatic N) is 3. The minimum absolute atomic E-state index is 0.175. The van der Waals surface area contributed by atoms with Gasteiger partial charge in [0.05, 0.1) is 5.02 Å². The van der Waals surface area contributed by atoms with Gasteiger partial charge in [0, 0.05) is 67.5 Å². The summed E-state index contributed by atoms with van der Waals surface area (Å²) in [7, 11) is 2.15. The molecule has 0 bridgehead atoms. The molecule has 2 heterocycles. The van der Waals surface area contributed by atoms with Crippen molar-refractivity contribution >= 4 is 33.9 Å². The maximum atomic E-state index is 14.6. The number of piperazine rings is 1. The second kappa shape index (κ2) is 9.16. The lowest BCUT2D eigenvalue weighted by Crippen LogP contribution is -2.45. The summed E-state index contributed by atoms with van der Waals surface area (Å²) < 4.78 is 14.6. The lowest BCUT2D eigenvalue weighted by molar-refractivity contribution is 0.155. The summed E-state index contributed by atoms with van der Waals surface area (Å²) in [4.78, 5) is 8.85. The normalized spacial score (nSPS) is 15.6. The number of halogens is 2. The molecule has 0 radical (unpaired) electrons. The van der Waals surface area contributed by atoms with Crippen LogP contribution in [0.2, 0.25) is 5.02 Å². The Labute approximate surface area is 181 Å². The molecule has 0 spiro atoms. The zero-order valence-corrected chi connectivity index (χ0v) is 17.9. The van der Waals surface area contributed by atoms with E-state index in [1.54, 1.807) is 12.3 Å². The zero-order valence-electron chi connectivity index (χ0n) is 17.2. The third kappa shape index (κ3) is 4.83. The predicted octanol–water partition coefficient (Wildman–Crippen LogP) is 4.01. The van der Waals surface area contributed by atoms with Crippen molar-refractivity contribution in [3.8, 4) is 0 Å². The molecule has 4 rings (SSSR count). The van der Waals surface area contributed by atoms with E-state index in [2.05, 4.69) is 27.1 Å². The van der Waals surface area contributed by atoms with E-state index in [4.69, 9.17) is 17.3 Å². The molecule has 2 aromatic carbocycles. The molecule has 30 heavy (non-hydrogen) atoms. The fraction of sp³-hybridized carbons (Fsp3) is 0.348. The molecule has 0 aliphatic carbocycles. The molecule has 1 aromatic heterocycles. The molecule has 1 fully saturated rings. The molecule has 5 nitrogen and oxygen atoms in total. The largest absolute Gasteiger partial charge is 0.383 e. The molecule has 3 aromatic rings. The Morgan fingerprint density at radius 1 is 1.10 bits per heavy atom. The Morgan fingerprint density at radius 2 is 1.90 bits per heavy atom. The van der Waals surface area contributed by atoms with E-state index in [9.17, 15) is 4.39 Å². The maximum Gasteiger partial charge on any atom is 0.131 e. The van der Waals surface area contributed by atoms with Crippen molar-refractivity contribution in [2.24, 2.45) is 0 Å². The van der Waals surface area contributed by atoms with Crippen LogP contribution in [0.1, 0.15) is 11.1 Å². The number of fused-ring (bicyclic) bond motifs is 1. The third-order valence-corrected chi connectivity index (χ3v) is 6.08. The van der Waals surface area contributed by atoms with Gasteiger partial charge in [-0.1, -0.05) is 23.7 Å². The van der Waals surface area contributed by atoms with Crippen molar-refractivity contribution in [1.82, 2.24) is 14.8 Å². The summed E-state index contributed by atoms with van der Waals surface area (Å²) in [6.07, 6.45) is 2.41. The SMILES string of the molecule is CN1CCN(CCc2ccc(CNc3ccc4c(N)ncc(Cl)c4c3)c(F)c2)CC1. The molecule has 0 unspecified atom stereocenters. The van der Waals surface area contributed by atoms with Crippen LogP contribution in [0.5, 0.6) is 0 Å². The number of rotatable bonds is 6. The van der Waals surface area contributed by atoms with Crippen molar-refractivity contribution < 1.29 is 4.39 Å². The van der Waals surface area contributed by atoms with Gasteiger partial charge in [0.1, 0.15) is 11.6 Å². The first kappa shape index (κ1) is 20.8. The molecular formula is C23H27ClFN5. The van der Waals surface area contributed by atoms with E-state index < -0.39 is 0 Å². The number of benzene rings is 2. The Bertz CT molecular complexity index is 1030. The lowest BCUT2D eigenvalue weighted by Gasteiger charge is -2.32. The molecule has 0 atom stereocenters. The number of nitrogen functional groups attached to an aromatic ring is 1. The highest BCUT2D eigenvalue weighted by molar-refractivity contribution is 6.35. The number of likely N-dealkylation sites (N-methyl/N-ethyl adjacent to an activating group) is 1. The molecule has 158 valence electrons. The molecule has 7 heteroatoms. The first-order valence-corrected chi connectivity index (χ1v) is 10.6. The van der Waals surface area contributed by atoms with Gasteiger partial charge in [0.15, 0.2) is 0 Å². The van der Waals surface area contributed by atoms with Gasteiger partial charge in [-0.15, -0.1) is 0 Å². The highest BCUT2D eigenvalue weighted by Crippen LogP contribution is 2.29. The predicted molar refractivity (Wildman–Crippen MR) is 123 cm³/mol. The third-order valence-electron chi connectivity index (χ3n) is 5.78. The van der Waals surface area contributed by atoms with Gasteiger partial charge in [-0.3, -0.25) is 0 Å². The van der Waals surface area contributed by atoms with Crippen LogP contribution in [-0.2, 0) is 13.0 Å². The number of aromatic nitrogens is 1. The van der Waals surface area contributed by atoms with Crippen LogP contribution in [0.3, 0.4) is 0 Å². The summed E-state index contributed by atoms with van der Waals surface area (Å²) in [5.41, 5.74) is 8.44. The van der Waals surface area contributed by atoms with Crippen LogP contribution in [0, 0.1) is 5.82 Å². The van der Waals surface area contributed by atoms with Crippen molar-refractivity contribution in [3.05, 3.63) is 64.6 Å². The summed E-state index contributed by atoms with van der Waals surface area (Å²) >= 11 is 6.24. The van der Waals surface area contributed by atoms with E-state index in [1.807, 2.05) is 30.3 Å². The number of nitrogens with one attached hydrogen (secondary N) is 1. The highest BCUT2D eigenvalue weighted by Gasteiger charge is 2.13. The quantitative estimate of drug-likeness (QED) is 0.622. The first-order chi connectivity index (χ1) is 14.5. The number of hydrogen-bond donors (Lipinski definition) is 2. The first-order valence-electron chi connectivity index (χ1n) is 10.3. The van der Waals surface area contributed by atoms with Gasteiger partial charge in [0.25, 0.3) is 0 Å². The summed E-state index contributed by atoms with van der Waals surface area (Å²) in [5.74, 6) is 0.268. The molecule has 0 saturated carbocycles. The van der Waals surface area contributed by atoms with E-state index >= 15 is 0 Å². The minimum Gasteiger partial charge on any atom is -0.383 e. The van der Waals surface area contributed by atoms with Crippen LogP contribution in [0.15, 0.2) is 42.6 Å².